The van der Waals surface area contributed by atoms with Crippen molar-refractivity contribution in [2.24, 2.45) is 0 Å². The van der Waals surface area contributed by atoms with Crippen LogP contribution in [0.2, 0.25) is 5.02 Å². The average molecular weight is 419 g/mol. The second-order valence-corrected chi connectivity index (χ2v) is 6.79. The Morgan fingerprint density at radius 1 is 1.14 bits per heavy atom. The number of hydrogen-bond acceptors (Lipinski definition) is 6. The smallest absolute Gasteiger partial charge is 0.314 e. The van der Waals surface area contributed by atoms with Crippen LogP contribution in [0.4, 0.5) is 17.1 Å². The molecule has 10 heteroatoms. The highest BCUT2D eigenvalue weighted by Gasteiger charge is 2.27. The maximum atomic E-state index is 12.5. The molecule has 0 radical (unpaired) electrons. The molecule has 0 aromatic heterocycles. The standard InChI is InChI=1S/C19H19ClN4O5/c1-29-17-12-15(24(27)28)5-6-16(17)21-18(25)19(26)23-9-7-22(8-10-23)14-4-2-3-13(20)11-14/h2-6,11-12H,7-10H2,1H3,(H,21,25). The topological polar surface area (TPSA) is 105 Å². The molecule has 1 aliphatic heterocycles. The van der Waals surface area contributed by atoms with Crippen molar-refractivity contribution in [2.75, 3.05) is 43.5 Å². The molecule has 0 bridgehead atoms. The first kappa shape index (κ1) is 20.4. The summed E-state index contributed by atoms with van der Waals surface area (Å²) in [5, 5.41) is 14.0. The summed E-state index contributed by atoms with van der Waals surface area (Å²) in [6, 6.07) is 11.2. The molecular formula is C19H19ClN4O5. The number of hydrogen-bond donors (Lipinski definition) is 1. The Labute approximate surface area is 171 Å². The number of halogens is 1. The Morgan fingerprint density at radius 3 is 2.48 bits per heavy atom. The Kier molecular flexibility index (Phi) is 6.18. The van der Waals surface area contributed by atoms with Gasteiger partial charge in [-0.15, -0.1) is 0 Å². The van der Waals surface area contributed by atoms with Crippen LogP contribution in [0.15, 0.2) is 42.5 Å². The summed E-state index contributed by atoms with van der Waals surface area (Å²) in [4.78, 5) is 38.7. The number of piperazine rings is 1. The molecule has 1 heterocycles. The Hall–Kier alpha value is -3.33. The van der Waals surface area contributed by atoms with Crippen molar-refractivity contribution in [2.45, 2.75) is 0 Å². The number of non-ortho nitro benzene ring substituents is 1. The molecule has 1 N–H and O–H groups in total. The lowest BCUT2D eigenvalue weighted by Crippen LogP contribution is -2.51. The van der Waals surface area contributed by atoms with Crippen molar-refractivity contribution in [3.63, 3.8) is 0 Å². The molecule has 1 fully saturated rings. The summed E-state index contributed by atoms with van der Waals surface area (Å²) >= 11 is 6.02. The summed E-state index contributed by atoms with van der Waals surface area (Å²) in [5.74, 6) is -1.39. The predicted octanol–water partition coefficient (Wildman–Crippen LogP) is 2.54. The van der Waals surface area contributed by atoms with Crippen LogP contribution in [-0.4, -0.2) is 54.9 Å². The summed E-state index contributed by atoms with van der Waals surface area (Å²) in [7, 11) is 1.32. The van der Waals surface area contributed by atoms with E-state index in [-0.39, 0.29) is 17.1 Å². The molecule has 2 aromatic rings. The van der Waals surface area contributed by atoms with Gasteiger partial charge >= 0.3 is 11.8 Å². The molecule has 2 amide bonds. The molecule has 2 aromatic carbocycles. The van der Waals surface area contributed by atoms with Gasteiger partial charge in [0.05, 0.1) is 23.8 Å². The van der Waals surface area contributed by atoms with Crippen LogP contribution >= 0.6 is 11.6 Å². The fraction of sp³-hybridized carbons (Fsp3) is 0.263. The largest absolute Gasteiger partial charge is 0.494 e. The molecule has 1 saturated heterocycles. The Morgan fingerprint density at radius 2 is 1.86 bits per heavy atom. The van der Waals surface area contributed by atoms with Gasteiger partial charge in [-0.05, 0) is 24.3 Å². The van der Waals surface area contributed by atoms with Gasteiger partial charge in [0, 0.05) is 43.0 Å². The van der Waals surface area contributed by atoms with Crippen molar-refractivity contribution in [3.8, 4) is 5.75 Å². The van der Waals surface area contributed by atoms with E-state index in [4.69, 9.17) is 16.3 Å². The number of methoxy groups -OCH3 is 1. The van der Waals surface area contributed by atoms with Gasteiger partial charge in [-0.3, -0.25) is 19.7 Å². The number of carbonyl (C=O) groups excluding carboxylic acids is 2. The summed E-state index contributed by atoms with van der Waals surface area (Å²) in [5.41, 5.74) is 0.974. The van der Waals surface area contributed by atoms with E-state index in [0.29, 0.717) is 31.2 Å². The molecule has 29 heavy (non-hydrogen) atoms. The number of nitro benzene ring substituents is 1. The number of anilines is 2. The third-order valence-electron chi connectivity index (χ3n) is 4.58. The minimum absolute atomic E-state index is 0.103. The van der Waals surface area contributed by atoms with Crippen molar-refractivity contribution in [1.82, 2.24) is 4.90 Å². The maximum absolute atomic E-state index is 12.5. The van der Waals surface area contributed by atoms with Gasteiger partial charge in [-0.25, -0.2) is 0 Å². The number of ether oxygens (including phenoxy) is 1. The predicted molar refractivity (Wildman–Crippen MR) is 109 cm³/mol. The van der Waals surface area contributed by atoms with Gasteiger partial charge in [0.15, 0.2) is 0 Å². The summed E-state index contributed by atoms with van der Waals surface area (Å²) < 4.78 is 5.07. The molecule has 3 rings (SSSR count). The first-order valence-corrected chi connectivity index (χ1v) is 9.20. The average Bonchev–Trinajstić information content (AvgIpc) is 2.73. The van der Waals surface area contributed by atoms with Crippen LogP contribution in [0.5, 0.6) is 5.75 Å². The fourth-order valence-corrected chi connectivity index (χ4v) is 3.24. The van der Waals surface area contributed by atoms with E-state index >= 15 is 0 Å². The number of rotatable bonds is 4. The Bertz CT molecular complexity index is 944. The quantitative estimate of drug-likeness (QED) is 0.464. The molecule has 0 atom stereocenters. The van der Waals surface area contributed by atoms with Crippen LogP contribution in [0, 0.1) is 10.1 Å². The monoisotopic (exact) mass is 418 g/mol. The van der Waals surface area contributed by atoms with Crippen molar-refractivity contribution in [1.29, 1.82) is 0 Å². The third-order valence-corrected chi connectivity index (χ3v) is 4.81. The van der Waals surface area contributed by atoms with E-state index < -0.39 is 16.7 Å². The number of amides is 2. The number of benzene rings is 2. The molecule has 0 saturated carbocycles. The molecule has 152 valence electrons. The minimum atomic E-state index is -0.826. The molecule has 0 unspecified atom stereocenters. The number of nitrogens with zero attached hydrogens (tertiary/aromatic N) is 3. The van der Waals surface area contributed by atoms with Crippen molar-refractivity contribution >= 4 is 40.5 Å². The molecule has 1 aliphatic rings. The van der Waals surface area contributed by atoms with E-state index in [1.165, 1.54) is 30.2 Å². The van der Waals surface area contributed by atoms with Gasteiger partial charge in [-0.1, -0.05) is 17.7 Å². The number of nitrogens with one attached hydrogen (secondary N) is 1. The van der Waals surface area contributed by atoms with Crippen molar-refractivity contribution < 1.29 is 19.2 Å². The van der Waals surface area contributed by atoms with Crippen LogP contribution in [-0.2, 0) is 9.59 Å². The van der Waals surface area contributed by atoms with Crippen LogP contribution < -0.4 is 15.0 Å². The van der Waals surface area contributed by atoms with E-state index in [1.54, 1.807) is 6.07 Å². The highest BCUT2D eigenvalue weighted by atomic mass is 35.5. The first-order chi connectivity index (χ1) is 13.9. The lowest BCUT2D eigenvalue weighted by atomic mass is 10.2. The van der Waals surface area contributed by atoms with Crippen LogP contribution in [0.25, 0.3) is 0 Å². The highest BCUT2D eigenvalue weighted by Crippen LogP contribution is 2.29. The van der Waals surface area contributed by atoms with E-state index in [2.05, 4.69) is 10.2 Å². The lowest BCUT2D eigenvalue weighted by molar-refractivity contribution is -0.384. The highest BCUT2D eigenvalue weighted by molar-refractivity contribution is 6.39. The first-order valence-electron chi connectivity index (χ1n) is 8.82. The van der Waals surface area contributed by atoms with Crippen LogP contribution in [0.1, 0.15) is 0 Å². The van der Waals surface area contributed by atoms with Gasteiger partial charge in [0.2, 0.25) is 0 Å². The minimum Gasteiger partial charge on any atom is -0.494 e. The normalized spacial score (nSPS) is 13.7. The molecule has 0 spiro atoms. The van der Waals surface area contributed by atoms with Gasteiger partial charge in [0.1, 0.15) is 5.75 Å². The third kappa shape index (κ3) is 4.75. The van der Waals surface area contributed by atoms with Gasteiger partial charge < -0.3 is 19.9 Å². The van der Waals surface area contributed by atoms with Gasteiger partial charge in [0.25, 0.3) is 5.69 Å². The second-order valence-electron chi connectivity index (χ2n) is 6.35. The number of nitro groups is 1. The summed E-state index contributed by atoms with van der Waals surface area (Å²) in [6.07, 6.45) is 0. The van der Waals surface area contributed by atoms with Crippen LogP contribution in [0.3, 0.4) is 0 Å². The van der Waals surface area contributed by atoms with E-state index in [1.807, 2.05) is 18.2 Å². The SMILES string of the molecule is COc1cc([N+](=O)[O-])ccc1NC(=O)C(=O)N1CCN(c2cccc(Cl)c2)CC1. The zero-order chi connectivity index (χ0) is 21.0. The molecular weight excluding hydrogens is 400 g/mol. The Balaban J connectivity index is 1.61. The van der Waals surface area contributed by atoms with E-state index in [9.17, 15) is 19.7 Å². The second kappa shape index (κ2) is 8.78. The van der Waals surface area contributed by atoms with Gasteiger partial charge in [-0.2, -0.15) is 0 Å². The van der Waals surface area contributed by atoms with E-state index in [0.717, 1.165) is 5.69 Å². The molecule has 0 aliphatic carbocycles. The zero-order valence-corrected chi connectivity index (χ0v) is 16.4. The summed E-state index contributed by atoms with van der Waals surface area (Å²) in [6.45, 7) is 1.91. The lowest BCUT2D eigenvalue weighted by Gasteiger charge is -2.35. The zero-order valence-electron chi connectivity index (χ0n) is 15.6. The van der Waals surface area contributed by atoms with Crippen molar-refractivity contribution in [3.05, 3.63) is 57.6 Å². The fourth-order valence-electron chi connectivity index (χ4n) is 3.06. The maximum Gasteiger partial charge on any atom is 0.314 e. The molecule has 9 nitrogen and oxygen atoms in total. The number of carbonyl (C=O) groups is 2.